The minimum atomic E-state index is -0.714. The molecule has 5 rings (SSSR count). The summed E-state index contributed by atoms with van der Waals surface area (Å²) < 4.78 is 7.67. The van der Waals surface area contributed by atoms with Crippen LogP contribution in [0.2, 0.25) is 5.02 Å². The number of unbranched alkanes of at least 4 members (excludes halogenated alkanes) is 1. The number of aromatic nitrogens is 3. The fourth-order valence-electron chi connectivity index (χ4n) is 5.57. The van der Waals surface area contributed by atoms with Gasteiger partial charge in [-0.25, -0.2) is 9.78 Å². The molecule has 2 amide bonds. The van der Waals surface area contributed by atoms with E-state index in [1.54, 1.807) is 22.2 Å². The number of anilines is 1. The first-order valence-electron chi connectivity index (χ1n) is 13.1. The van der Waals surface area contributed by atoms with Gasteiger partial charge in [0, 0.05) is 37.5 Å². The highest BCUT2D eigenvalue weighted by Crippen LogP contribution is 2.48. The van der Waals surface area contributed by atoms with Crippen molar-refractivity contribution >= 4 is 40.3 Å². The number of benzene rings is 1. The highest BCUT2D eigenvalue weighted by Gasteiger charge is 2.53. The number of hydrogen-bond acceptors (Lipinski definition) is 6. The summed E-state index contributed by atoms with van der Waals surface area (Å²) in [6.45, 7) is 7.52. The molecule has 1 saturated heterocycles. The third-order valence-electron chi connectivity index (χ3n) is 7.41. The number of hydrogen-bond donors (Lipinski definition) is 1. The van der Waals surface area contributed by atoms with Crippen molar-refractivity contribution in [3.63, 3.8) is 0 Å². The third-order valence-corrected chi connectivity index (χ3v) is 7.64. The Hall–Kier alpha value is -3.17. The van der Waals surface area contributed by atoms with Gasteiger partial charge in [-0.2, -0.15) is 0 Å². The largest absolute Gasteiger partial charge is 0.444 e. The lowest BCUT2D eigenvalue weighted by molar-refractivity contribution is -0.125. The van der Waals surface area contributed by atoms with Gasteiger partial charge >= 0.3 is 6.09 Å². The number of aliphatic hydroxyl groups is 1. The average molecular weight is 540 g/mol. The highest BCUT2D eigenvalue weighted by atomic mass is 35.5. The molecule has 9 nitrogen and oxygen atoms in total. The van der Waals surface area contributed by atoms with Gasteiger partial charge in [0.2, 0.25) is 5.91 Å². The number of halogens is 1. The zero-order valence-electron chi connectivity index (χ0n) is 22.1. The van der Waals surface area contributed by atoms with Crippen molar-refractivity contribution in [3.05, 3.63) is 53.1 Å². The van der Waals surface area contributed by atoms with Crippen molar-refractivity contribution in [1.82, 2.24) is 19.4 Å². The lowest BCUT2D eigenvalue weighted by Crippen LogP contribution is -2.51. The van der Waals surface area contributed by atoms with Crippen molar-refractivity contribution in [2.24, 2.45) is 0 Å². The molecule has 1 fully saturated rings. The molecule has 1 spiro atoms. The number of ether oxygens (including phenoxy) is 1. The maximum absolute atomic E-state index is 14.2. The van der Waals surface area contributed by atoms with E-state index in [0.717, 1.165) is 34.5 Å². The summed E-state index contributed by atoms with van der Waals surface area (Å²) in [5, 5.41) is 9.91. The number of fused-ring (bicyclic) bond motifs is 3. The van der Waals surface area contributed by atoms with Crippen LogP contribution in [-0.4, -0.2) is 61.8 Å². The van der Waals surface area contributed by atoms with Gasteiger partial charge in [-0.05, 0) is 76.3 Å². The van der Waals surface area contributed by atoms with Crippen LogP contribution >= 0.6 is 11.6 Å². The molecule has 1 aromatic carbocycles. The van der Waals surface area contributed by atoms with E-state index in [2.05, 4.69) is 9.55 Å². The molecule has 202 valence electrons. The van der Waals surface area contributed by atoms with Gasteiger partial charge in [-0.1, -0.05) is 11.6 Å². The van der Waals surface area contributed by atoms with Crippen LogP contribution < -0.4 is 4.90 Å². The molecule has 0 saturated carbocycles. The number of nitrogens with zero attached hydrogens (tertiary/aromatic N) is 5. The predicted molar refractivity (Wildman–Crippen MR) is 145 cm³/mol. The Morgan fingerprint density at radius 1 is 1.18 bits per heavy atom. The van der Waals surface area contributed by atoms with Crippen molar-refractivity contribution in [1.29, 1.82) is 0 Å². The van der Waals surface area contributed by atoms with Crippen molar-refractivity contribution in [2.75, 3.05) is 24.6 Å². The molecule has 0 unspecified atom stereocenters. The Morgan fingerprint density at radius 3 is 2.66 bits per heavy atom. The molecule has 1 N–H and O–H groups in total. The minimum Gasteiger partial charge on any atom is -0.444 e. The van der Waals surface area contributed by atoms with Crippen LogP contribution in [-0.2, 0) is 28.0 Å². The van der Waals surface area contributed by atoms with E-state index < -0.39 is 11.0 Å². The molecule has 2 aliphatic heterocycles. The van der Waals surface area contributed by atoms with Gasteiger partial charge in [-0.15, -0.1) is 0 Å². The van der Waals surface area contributed by atoms with Crippen molar-refractivity contribution in [3.8, 4) is 0 Å². The predicted octanol–water partition coefficient (Wildman–Crippen LogP) is 4.67. The Kier molecular flexibility index (Phi) is 7.09. The van der Waals surface area contributed by atoms with Gasteiger partial charge < -0.3 is 24.2 Å². The number of likely N-dealkylation sites (tertiary alicyclic amines) is 1. The smallest absolute Gasteiger partial charge is 0.410 e. The number of aliphatic hydroxyl groups excluding tert-OH is 1. The second-order valence-corrected chi connectivity index (χ2v) is 11.5. The monoisotopic (exact) mass is 539 g/mol. The zero-order valence-corrected chi connectivity index (χ0v) is 22.9. The zero-order chi connectivity index (χ0) is 27.1. The number of amides is 2. The fourth-order valence-corrected chi connectivity index (χ4v) is 5.74. The van der Waals surface area contributed by atoms with E-state index >= 15 is 0 Å². The maximum atomic E-state index is 14.2. The Balaban J connectivity index is 1.44. The lowest BCUT2D eigenvalue weighted by atomic mass is 9.74. The highest BCUT2D eigenvalue weighted by molar-refractivity contribution is 6.31. The molecule has 3 aromatic rings. The summed E-state index contributed by atoms with van der Waals surface area (Å²) in [6.07, 6.45) is 5.62. The number of imidazole rings is 1. The van der Waals surface area contributed by atoms with E-state index in [0.29, 0.717) is 50.5 Å². The summed E-state index contributed by atoms with van der Waals surface area (Å²) in [4.78, 5) is 39.5. The molecular weight excluding hydrogens is 506 g/mol. The Bertz CT molecular complexity index is 1360. The van der Waals surface area contributed by atoms with Crippen LogP contribution in [0.5, 0.6) is 0 Å². The SMILES string of the molecule is CC(C)(C)OC(=O)N1CCC2(CC1)C(=O)N(Cc1nc3cc(Cl)ccc3n1CCCCO)c1cnccc12. The van der Waals surface area contributed by atoms with Gasteiger partial charge in [0.1, 0.15) is 11.4 Å². The van der Waals surface area contributed by atoms with Crippen LogP contribution in [0.4, 0.5) is 10.5 Å². The number of pyridine rings is 1. The quantitative estimate of drug-likeness (QED) is 0.457. The van der Waals surface area contributed by atoms with Gasteiger partial charge in [-0.3, -0.25) is 9.78 Å². The molecule has 0 radical (unpaired) electrons. The number of rotatable bonds is 6. The van der Waals surface area contributed by atoms with Crippen LogP contribution in [0.3, 0.4) is 0 Å². The van der Waals surface area contributed by atoms with Crippen molar-refractivity contribution < 1.29 is 19.4 Å². The standard InChI is InChI=1S/C28H34ClN5O4/c1-27(2,3)38-26(37)32-13-9-28(10-14-32)20-8-11-30-17-23(20)34(25(28)36)18-24-31-21-16-19(29)6-7-22(21)33(24)12-4-5-15-35/h6-8,11,16-17,35H,4-5,9-10,12-15,18H2,1-3H3. The molecule has 38 heavy (non-hydrogen) atoms. The molecular formula is C28H34ClN5O4. The van der Waals surface area contributed by atoms with Gasteiger partial charge in [0.15, 0.2) is 0 Å². The topological polar surface area (TPSA) is 101 Å². The first kappa shape index (κ1) is 26.4. The lowest BCUT2D eigenvalue weighted by Gasteiger charge is -2.38. The van der Waals surface area contributed by atoms with Crippen LogP contribution in [0, 0.1) is 0 Å². The second-order valence-electron chi connectivity index (χ2n) is 11.1. The first-order chi connectivity index (χ1) is 18.1. The van der Waals surface area contributed by atoms with Crippen LogP contribution in [0.1, 0.15) is 57.8 Å². The van der Waals surface area contributed by atoms with E-state index in [-0.39, 0.29) is 18.6 Å². The molecule has 10 heteroatoms. The van der Waals surface area contributed by atoms with E-state index in [4.69, 9.17) is 21.3 Å². The number of carbonyl (C=O) groups is 2. The molecule has 0 aliphatic carbocycles. The normalized spacial score (nSPS) is 16.9. The average Bonchev–Trinajstić information content (AvgIpc) is 3.32. The maximum Gasteiger partial charge on any atom is 0.410 e. The molecule has 2 aliphatic rings. The number of piperidine rings is 1. The number of aryl methyl sites for hydroxylation is 1. The van der Waals surface area contributed by atoms with E-state index in [1.807, 2.05) is 45.0 Å². The summed E-state index contributed by atoms with van der Waals surface area (Å²) in [7, 11) is 0. The first-order valence-corrected chi connectivity index (χ1v) is 13.5. The van der Waals surface area contributed by atoms with E-state index in [1.165, 1.54) is 0 Å². The molecule has 4 heterocycles. The van der Waals surface area contributed by atoms with Gasteiger partial charge in [0.05, 0.1) is 34.9 Å². The Morgan fingerprint density at radius 2 is 1.95 bits per heavy atom. The molecule has 2 aromatic heterocycles. The summed E-state index contributed by atoms with van der Waals surface area (Å²) >= 11 is 6.24. The molecule has 0 atom stereocenters. The summed E-state index contributed by atoms with van der Waals surface area (Å²) in [6, 6.07) is 7.55. The number of carbonyl (C=O) groups excluding carboxylic acids is 2. The van der Waals surface area contributed by atoms with Gasteiger partial charge in [0.25, 0.3) is 0 Å². The van der Waals surface area contributed by atoms with Crippen LogP contribution in [0.25, 0.3) is 11.0 Å². The second kappa shape index (κ2) is 10.2. The third kappa shape index (κ3) is 4.85. The van der Waals surface area contributed by atoms with E-state index in [9.17, 15) is 14.7 Å². The van der Waals surface area contributed by atoms with Crippen molar-refractivity contribution in [2.45, 2.75) is 70.6 Å². The summed E-state index contributed by atoms with van der Waals surface area (Å²) in [5.74, 6) is 0.767. The van der Waals surface area contributed by atoms with Crippen LogP contribution in [0.15, 0.2) is 36.7 Å². The minimum absolute atomic E-state index is 0.0105. The Labute approximate surface area is 227 Å². The fraction of sp³-hybridized carbons (Fsp3) is 0.500. The molecule has 0 bridgehead atoms. The summed E-state index contributed by atoms with van der Waals surface area (Å²) in [5.41, 5.74) is 2.17.